The first-order valence-electron chi connectivity index (χ1n) is 12.5. The van der Waals surface area contributed by atoms with Crippen molar-refractivity contribution in [3.8, 4) is 0 Å². The summed E-state index contributed by atoms with van der Waals surface area (Å²) in [6.45, 7) is 2.28. The van der Waals surface area contributed by atoms with Gasteiger partial charge in [-0.05, 0) is 46.5 Å². The zero-order valence-electron chi connectivity index (χ0n) is 20.0. The standard InChI is InChI=1S/C31H32N2/c1-4-5-6-7-8-9-23-20-22-11-13-27-25-14-16-28-26(12-10-21-18-19-32(2)30(21)28)24(25)15-17-29(27)31(22)33(23)3/h10-20H,4-9H2,1-3H3. The zero-order valence-corrected chi connectivity index (χ0v) is 20.0. The van der Waals surface area contributed by atoms with E-state index in [9.17, 15) is 0 Å². The van der Waals surface area contributed by atoms with Gasteiger partial charge in [0.25, 0.3) is 0 Å². The van der Waals surface area contributed by atoms with Crippen LogP contribution >= 0.6 is 0 Å². The summed E-state index contributed by atoms with van der Waals surface area (Å²) in [5.41, 5.74) is 4.14. The van der Waals surface area contributed by atoms with Crippen LogP contribution in [0.4, 0.5) is 0 Å². The van der Waals surface area contributed by atoms with Crippen LogP contribution in [-0.4, -0.2) is 9.13 Å². The predicted octanol–water partition coefficient (Wildman–Crippen LogP) is 8.64. The second-order valence-electron chi connectivity index (χ2n) is 9.71. The van der Waals surface area contributed by atoms with Gasteiger partial charge in [0.2, 0.25) is 0 Å². The molecule has 0 saturated heterocycles. The average Bonchev–Trinajstić information content (AvgIpc) is 3.38. The highest BCUT2D eigenvalue weighted by Crippen LogP contribution is 2.37. The average molecular weight is 433 g/mol. The molecule has 0 radical (unpaired) electrons. The van der Waals surface area contributed by atoms with Gasteiger partial charge < -0.3 is 9.13 Å². The van der Waals surface area contributed by atoms with Gasteiger partial charge in [-0.15, -0.1) is 0 Å². The van der Waals surface area contributed by atoms with E-state index in [0.717, 1.165) is 0 Å². The van der Waals surface area contributed by atoms with Gasteiger partial charge in [0, 0.05) is 47.5 Å². The first-order valence-corrected chi connectivity index (χ1v) is 12.5. The highest BCUT2D eigenvalue weighted by atomic mass is 14.9. The van der Waals surface area contributed by atoms with Crippen LogP contribution in [0.2, 0.25) is 0 Å². The topological polar surface area (TPSA) is 9.86 Å². The molecule has 6 aromatic rings. The molecule has 33 heavy (non-hydrogen) atoms. The first-order chi connectivity index (χ1) is 16.2. The van der Waals surface area contributed by atoms with Crippen molar-refractivity contribution < 1.29 is 0 Å². The molecule has 0 saturated carbocycles. The largest absolute Gasteiger partial charge is 0.350 e. The van der Waals surface area contributed by atoms with E-state index in [4.69, 9.17) is 0 Å². The Hall–Kier alpha value is -3.26. The van der Waals surface area contributed by atoms with Gasteiger partial charge in [0.15, 0.2) is 0 Å². The van der Waals surface area contributed by atoms with Gasteiger partial charge >= 0.3 is 0 Å². The van der Waals surface area contributed by atoms with Gasteiger partial charge in [-0.3, -0.25) is 0 Å². The maximum atomic E-state index is 2.44. The summed E-state index contributed by atoms with van der Waals surface area (Å²) >= 11 is 0. The molecule has 0 aliphatic heterocycles. The minimum Gasteiger partial charge on any atom is -0.350 e. The highest BCUT2D eigenvalue weighted by Gasteiger charge is 2.13. The summed E-state index contributed by atoms with van der Waals surface area (Å²) in [4.78, 5) is 0. The molecule has 0 bridgehead atoms. The van der Waals surface area contributed by atoms with Crippen molar-refractivity contribution in [3.05, 3.63) is 72.6 Å². The Morgan fingerprint density at radius 1 is 0.576 bits per heavy atom. The third-order valence-electron chi connectivity index (χ3n) is 7.66. The monoisotopic (exact) mass is 432 g/mol. The van der Waals surface area contributed by atoms with Gasteiger partial charge in [0.1, 0.15) is 0 Å². The number of unbranched alkanes of at least 4 members (excludes halogenated alkanes) is 4. The minimum absolute atomic E-state index is 1.17. The SMILES string of the molecule is CCCCCCCc1cc2ccc3c4ccc5c(ccc6ccn(C)c65)c4ccc3c2n1C. The molecular formula is C31H32N2. The molecule has 0 amide bonds. The van der Waals surface area contributed by atoms with E-state index >= 15 is 0 Å². The van der Waals surface area contributed by atoms with Crippen molar-refractivity contribution in [1.29, 1.82) is 0 Å². The van der Waals surface area contributed by atoms with E-state index in [-0.39, 0.29) is 0 Å². The molecular weight excluding hydrogens is 400 g/mol. The Balaban J connectivity index is 1.51. The van der Waals surface area contributed by atoms with Gasteiger partial charge in [0.05, 0.1) is 11.0 Å². The van der Waals surface area contributed by atoms with Gasteiger partial charge in [-0.25, -0.2) is 0 Å². The third kappa shape index (κ3) is 3.15. The lowest BCUT2D eigenvalue weighted by atomic mass is 9.95. The number of benzene rings is 4. The summed E-state index contributed by atoms with van der Waals surface area (Å²) in [7, 11) is 4.39. The number of hydrogen-bond donors (Lipinski definition) is 0. The second kappa shape index (κ2) is 7.95. The Bertz CT molecular complexity index is 1640. The number of aromatic nitrogens is 2. The summed E-state index contributed by atoms with van der Waals surface area (Å²) in [6.07, 6.45) is 9.96. The van der Waals surface area contributed by atoms with E-state index in [2.05, 4.69) is 97.0 Å². The van der Waals surface area contributed by atoms with E-state index in [1.54, 1.807) is 0 Å². The Morgan fingerprint density at radius 3 is 1.88 bits per heavy atom. The van der Waals surface area contributed by atoms with Crippen LogP contribution in [0.25, 0.3) is 54.1 Å². The zero-order chi connectivity index (χ0) is 22.5. The van der Waals surface area contributed by atoms with Crippen molar-refractivity contribution in [2.24, 2.45) is 14.1 Å². The summed E-state index contributed by atoms with van der Waals surface area (Å²) in [6, 6.07) is 23.1. The lowest BCUT2D eigenvalue weighted by molar-refractivity contribution is 0.622. The molecule has 0 atom stereocenters. The van der Waals surface area contributed by atoms with Crippen molar-refractivity contribution in [2.45, 2.75) is 45.4 Å². The van der Waals surface area contributed by atoms with Gasteiger partial charge in [-0.2, -0.15) is 0 Å². The molecule has 166 valence electrons. The normalized spacial score (nSPS) is 12.2. The van der Waals surface area contributed by atoms with Crippen LogP contribution in [0.15, 0.2) is 66.9 Å². The maximum Gasteiger partial charge on any atom is 0.0559 e. The molecule has 2 nitrogen and oxygen atoms in total. The van der Waals surface area contributed by atoms with Crippen molar-refractivity contribution in [3.63, 3.8) is 0 Å². The fraction of sp³-hybridized carbons (Fsp3) is 0.290. The molecule has 0 spiro atoms. The lowest BCUT2D eigenvalue weighted by Crippen LogP contribution is -1.97. The van der Waals surface area contributed by atoms with E-state index in [1.165, 1.54) is 98.3 Å². The minimum atomic E-state index is 1.17. The van der Waals surface area contributed by atoms with Crippen LogP contribution in [-0.2, 0) is 20.5 Å². The van der Waals surface area contributed by atoms with Crippen molar-refractivity contribution >= 4 is 54.1 Å². The predicted molar refractivity (Wildman–Crippen MR) is 144 cm³/mol. The number of nitrogens with zero attached hydrogens (tertiary/aromatic N) is 2. The quantitative estimate of drug-likeness (QED) is 0.184. The Labute approximate surface area is 195 Å². The van der Waals surface area contributed by atoms with Crippen LogP contribution in [0.3, 0.4) is 0 Å². The van der Waals surface area contributed by atoms with Crippen LogP contribution in [0.5, 0.6) is 0 Å². The van der Waals surface area contributed by atoms with Crippen molar-refractivity contribution in [2.75, 3.05) is 0 Å². The smallest absolute Gasteiger partial charge is 0.0559 e. The third-order valence-corrected chi connectivity index (χ3v) is 7.66. The molecule has 4 aromatic carbocycles. The number of aryl methyl sites for hydroxylation is 3. The van der Waals surface area contributed by atoms with Crippen LogP contribution < -0.4 is 0 Å². The molecule has 2 aromatic heterocycles. The fourth-order valence-corrected chi connectivity index (χ4v) is 5.89. The molecule has 0 aliphatic rings. The molecule has 0 fully saturated rings. The maximum absolute atomic E-state index is 2.44. The highest BCUT2D eigenvalue weighted by molar-refractivity contribution is 6.24. The number of fused-ring (bicyclic) bond motifs is 9. The van der Waals surface area contributed by atoms with Crippen molar-refractivity contribution in [1.82, 2.24) is 9.13 Å². The van der Waals surface area contributed by atoms with Crippen LogP contribution in [0.1, 0.15) is 44.7 Å². The molecule has 0 aliphatic carbocycles. The lowest BCUT2D eigenvalue weighted by Gasteiger charge is -2.11. The van der Waals surface area contributed by atoms with Crippen LogP contribution in [0, 0.1) is 0 Å². The first kappa shape index (κ1) is 20.4. The summed E-state index contributed by atoms with van der Waals surface area (Å²) in [5, 5.41) is 10.7. The molecule has 6 rings (SSSR count). The number of rotatable bonds is 6. The number of hydrogen-bond acceptors (Lipinski definition) is 0. The molecule has 2 heteroatoms. The fourth-order valence-electron chi connectivity index (χ4n) is 5.89. The molecule has 2 heterocycles. The Morgan fingerprint density at radius 2 is 1.15 bits per heavy atom. The van der Waals surface area contributed by atoms with E-state index in [0.29, 0.717) is 0 Å². The van der Waals surface area contributed by atoms with E-state index in [1.807, 2.05) is 0 Å². The molecule has 0 unspecified atom stereocenters. The Kier molecular flexibility index (Phi) is 4.90. The second-order valence-corrected chi connectivity index (χ2v) is 9.71. The molecule has 0 N–H and O–H groups in total. The summed E-state index contributed by atoms with van der Waals surface area (Å²) < 4.78 is 4.68. The summed E-state index contributed by atoms with van der Waals surface area (Å²) in [5.74, 6) is 0. The van der Waals surface area contributed by atoms with Gasteiger partial charge in [-0.1, -0.05) is 81.1 Å². The van der Waals surface area contributed by atoms with E-state index < -0.39 is 0 Å².